The number of alkyl halides is 1. The van der Waals surface area contributed by atoms with E-state index in [-0.39, 0.29) is 12.3 Å². The topological polar surface area (TPSA) is 152 Å². The van der Waals surface area contributed by atoms with Crippen LogP contribution in [0.3, 0.4) is 0 Å². The van der Waals surface area contributed by atoms with Crippen molar-refractivity contribution in [3.05, 3.63) is 24.3 Å². The van der Waals surface area contributed by atoms with Crippen molar-refractivity contribution in [2.24, 2.45) is 5.73 Å². The van der Waals surface area contributed by atoms with Gasteiger partial charge >= 0.3 is 17.9 Å². The van der Waals surface area contributed by atoms with Crippen LogP contribution in [0.5, 0.6) is 5.75 Å². The Morgan fingerprint density at radius 1 is 1.00 bits per heavy atom. The van der Waals surface area contributed by atoms with Gasteiger partial charge in [-0.25, -0.2) is 4.39 Å². The van der Waals surface area contributed by atoms with Crippen LogP contribution in [0.2, 0.25) is 0 Å². The summed E-state index contributed by atoms with van der Waals surface area (Å²) in [4.78, 5) is 45.6. The second-order valence-corrected chi connectivity index (χ2v) is 6.83. The Morgan fingerprint density at radius 3 is 2.12 bits per heavy atom. The molecule has 1 fully saturated rings. The lowest BCUT2D eigenvalue weighted by atomic mass is 9.99. The maximum Gasteiger partial charge on any atom is 0.303 e. The summed E-state index contributed by atoms with van der Waals surface area (Å²) >= 11 is 0. The lowest BCUT2D eigenvalue weighted by molar-refractivity contribution is -0.271. The fourth-order valence-corrected chi connectivity index (χ4v) is 2.92. The van der Waals surface area contributed by atoms with Crippen LogP contribution in [0.1, 0.15) is 20.8 Å². The number of carbonyl (C=O) groups excluding carboxylic acids is 4. The maximum atomic E-state index is 15.2. The van der Waals surface area contributed by atoms with Crippen molar-refractivity contribution in [1.82, 2.24) is 0 Å². The van der Waals surface area contributed by atoms with Gasteiger partial charge in [-0.05, 0) is 24.3 Å². The minimum Gasteiger partial charge on any atom is -0.463 e. The van der Waals surface area contributed by atoms with Gasteiger partial charge in [0.2, 0.25) is 18.4 Å². The van der Waals surface area contributed by atoms with Gasteiger partial charge in [0.25, 0.3) is 0 Å². The molecular formula is C20H25FN2O9. The van der Waals surface area contributed by atoms with Crippen molar-refractivity contribution in [2.45, 2.75) is 51.5 Å². The summed E-state index contributed by atoms with van der Waals surface area (Å²) in [5, 5.41) is 2.54. The quantitative estimate of drug-likeness (QED) is 0.416. The SMILES string of the molecule is CC(=O)OC[C@H]1O[C@@H](Oc2ccc(NC(=O)CN)cc2)[C@@H](F)[C@@H](OC(C)=O)[C@@H]1OC(C)=O. The minimum absolute atomic E-state index is 0.169. The minimum atomic E-state index is -2.05. The second-order valence-electron chi connectivity index (χ2n) is 6.83. The number of amides is 1. The summed E-state index contributed by atoms with van der Waals surface area (Å²) in [6.45, 7) is 2.72. The van der Waals surface area contributed by atoms with Crippen molar-refractivity contribution in [3.8, 4) is 5.75 Å². The van der Waals surface area contributed by atoms with Crippen molar-refractivity contribution in [2.75, 3.05) is 18.5 Å². The lowest BCUT2D eigenvalue weighted by Gasteiger charge is -2.41. The molecule has 32 heavy (non-hydrogen) atoms. The third-order valence-corrected chi connectivity index (χ3v) is 4.20. The number of esters is 3. The fourth-order valence-electron chi connectivity index (χ4n) is 2.92. The van der Waals surface area contributed by atoms with E-state index >= 15 is 4.39 Å². The monoisotopic (exact) mass is 456 g/mol. The Hall–Kier alpha value is -3.25. The Bertz CT molecular complexity index is 833. The van der Waals surface area contributed by atoms with Gasteiger partial charge in [-0.3, -0.25) is 19.2 Å². The summed E-state index contributed by atoms with van der Waals surface area (Å²) in [6, 6.07) is 5.89. The standard InChI is InChI=1S/C20H25FN2O9/c1-10(24)28-9-15-18(29-11(2)25)19(30-12(3)26)17(21)20(32-15)31-14-6-4-13(5-7-14)23-16(27)8-22/h4-7,15,17-20H,8-9,22H2,1-3H3,(H,23,27)/t15-,17+,18-,19-,20-/m1/s1. The lowest BCUT2D eigenvalue weighted by Crippen LogP contribution is -2.61. The molecule has 1 aliphatic heterocycles. The molecule has 1 aromatic carbocycles. The molecule has 0 saturated carbocycles. The number of halogens is 1. The molecule has 1 aliphatic rings. The molecule has 0 aromatic heterocycles. The zero-order chi connectivity index (χ0) is 23.8. The highest BCUT2D eigenvalue weighted by molar-refractivity contribution is 5.92. The molecule has 1 aromatic rings. The third-order valence-electron chi connectivity index (χ3n) is 4.20. The first-order valence-corrected chi connectivity index (χ1v) is 9.64. The molecule has 0 radical (unpaired) electrons. The van der Waals surface area contributed by atoms with Crippen molar-refractivity contribution in [1.29, 1.82) is 0 Å². The molecule has 12 heteroatoms. The van der Waals surface area contributed by atoms with Crippen LogP contribution < -0.4 is 15.8 Å². The van der Waals surface area contributed by atoms with Gasteiger partial charge in [0.05, 0.1) is 6.54 Å². The van der Waals surface area contributed by atoms with E-state index in [9.17, 15) is 19.2 Å². The predicted molar refractivity (Wildman–Crippen MR) is 106 cm³/mol. The fraction of sp³-hybridized carbons (Fsp3) is 0.500. The van der Waals surface area contributed by atoms with Gasteiger partial charge in [-0.2, -0.15) is 0 Å². The van der Waals surface area contributed by atoms with Crippen molar-refractivity contribution >= 4 is 29.5 Å². The molecule has 0 unspecified atom stereocenters. The number of hydrogen-bond acceptors (Lipinski definition) is 10. The smallest absolute Gasteiger partial charge is 0.303 e. The highest BCUT2D eigenvalue weighted by atomic mass is 19.1. The average Bonchev–Trinajstić information content (AvgIpc) is 2.72. The van der Waals surface area contributed by atoms with E-state index in [1.165, 1.54) is 24.3 Å². The van der Waals surface area contributed by atoms with Crippen LogP contribution in [-0.2, 0) is 38.1 Å². The van der Waals surface area contributed by atoms with Crippen LogP contribution in [0.25, 0.3) is 0 Å². The third kappa shape index (κ3) is 7.17. The van der Waals surface area contributed by atoms with Gasteiger partial charge < -0.3 is 34.7 Å². The van der Waals surface area contributed by atoms with Crippen LogP contribution in [0.15, 0.2) is 24.3 Å². The number of carbonyl (C=O) groups is 4. The molecule has 0 spiro atoms. The van der Waals surface area contributed by atoms with Crippen LogP contribution in [0.4, 0.5) is 10.1 Å². The largest absolute Gasteiger partial charge is 0.463 e. The summed E-state index contributed by atoms with van der Waals surface area (Å²) in [5.74, 6) is -2.46. The van der Waals surface area contributed by atoms with Gasteiger partial charge in [0, 0.05) is 26.5 Å². The highest BCUT2D eigenvalue weighted by Crippen LogP contribution is 2.31. The molecule has 2 rings (SSSR count). The van der Waals surface area contributed by atoms with Crippen LogP contribution in [-0.4, -0.2) is 67.7 Å². The maximum absolute atomic E-state index is 15.2. The molecule has 1 heterocycles. The number of nitrogens with one attached hydrogen (secondary N) is 1. The Kier molecular flexibility index (Phi) is 8.91. The van der Waals surface area contributed by atoms with E-state index in [1.807, 2.05) is 0 Å². The molecule has 1 saturated heterocycles. The number of nitrogens with two attached hydrogens (primary N) is 1. The number of ether oxygens (including phenoxy) is 5. The predicted octanol–water partition coefficient (Wildman–Crippen LogP) is 0.452. The van der Waals surface area contributed by atoms with E-state index in [0.717, 1.165) is 20.8 Å². The number of hydrogen-bond donors (Lipinski definition) is 2. The normalized spacial score (nSPS) is 24.7. The van der Waals surface area contributed by atoms with Crippen molar-refractivity contribution in [3.63, 3.8) is 0 Å². The van der Waals surface area contributed by atoms with E-state index in [1.54, 1.807) is 0 Å². The number of anilines is 1. The van der Waals surface area contributed by atoms with Gasteiger partial charge in [-0.1, -0.05) is 0 Å². The first-order valence-electron chi connectivity index (χ1n) is 9.64. The molecular weight excluding hydrogens is 431 g/mol. The Morgan fingerprint density at radius 2 is 1.59 bits per heavy atom. The first kappa shape index (κ1) is 25.0. The van der Waals surface area contributed by atoms with Crippen LogP contribution >= 0.6 is 0 Å². The summed E-state index contributed by atoms with van der Waals surface area (Å²) in [6.07, 6.45) is -7.75. The molecule has 3 N–H and O–H groups in total. The molecule has 11 nitrogen and oxygen atoms in total. The summed E-state index contributed by atoms with van der Waals surface area (Å²) < 4.78 is 41.4. The highest BCUT2D eigenvalue weighted by Gasteiger charge is 2.52. The zero-order valence-corrected chi connectivity index (χ0v) is 17.7. The number of rotatable bonds is 8. The zero-order valence-electron chi connectivity index (χ0n) is 17.7. The molecule has 1 amide bonds. The second kappa shape index (κ2) is 11.4. The molecule has 0 bridgehead atoms. The number of benzene rings is 1. The van der Waals surface area contributed by atoms with E-state index < -0.39 is 61.2 Å². The van der Waals surface area contributed by atoms with Gasteiger partial charge in [0.1, 0.15) is 18.5 Å². The summed E-state index contributed by atoms with van der Waals surface area (Å²) in [7, 11) is 0. The van der Waals surface area contributed by atoms with E-state index in [0.29, 0.717) is 5.69 Å². The van der Waals surface area contributed by atoms with Gasteiger partial charge in [-0.15, -0.1) is 0 Å². The molecule has 0 aliphatic carbocycles. The summed E-state index contributed by atoms with van der Waals surface area (Å²) in [5.41, 5.74) is 5.68. The Labute approximate surface area is 183 Å². The first-order chi connectivity index (χ1) is 15.1. The van der Waals surface area contributed by atoms with E-state index in [4.69, 9.17) is 29.4 Å². The molecule has 5 atom stereocenters. The van der Waals surface area contributed by atoms with Crippen LogP contribution in [0, 0.1) is 0 Å². The Balaban J connectivity index is 2.23. The molecule has 176 valence electrons. The average molecular weight is 456 g/mol. The van der Waals surface area contributed by atoms with Crippen molar-refractivity contribution < 1.29 is 47.3 Å². The van der Waals surface area contributed by atoms with Gasteiger partial charge in [0.15, 0.2) is 12.2 Å². The van der Waals surface area contributed by atoms with E-state index in [2.05, 4.69) is 5.32 Å².